The molecule has 1 amide bonds. The Morgan fingerprint density at radius 2 is 2.00 bits per heavy atom. The lowest BCUT2D eigenvalue weighted by Crippen LogP contribution is -2.39. The third-order valence-electron chi connectivity index (χ3n) is 3.79. The van der Waals surface area contributed by atoms with Crippen molar-refractivity contribution in [1.29, 1.82) is 0 Å². The smallest absolute Gasteiger partial charge is 0.220 e. The number of nitrogen functional groups attached to an aromatic ring is 1. The van der Waals surface area contributed by atoms with Gasteiger partial charge in [-0.2, -0.15) is 0 Å². The predicted octanol–water partition coefficient (Wildman–Crippen LogP) is 1.23. The van der Waals surface area contributed by atoms with E-state index in [1.165, 1.54) is 0 Å². The Balaban J connectivity index is 1.63. The van der Waals surface area contributed by atoms with Gasteiger partial charge in [0.1, 0.15) is 5.75 Å². The third kappa shape index (κ3) is 4.13. The van der Waals surface area contributed by atoms with Crippen LogP contribution in [0.2, 0.25) is 0 Å². The molecule has 0 atom stereocenters. The Labute approximate surface area is 119 Å². The summed E-state index contributed by atoms with van der Waals surface area (Å²) in [6.45, 7) is 3.53. The molecular formula is C15H23N3O2. The Morgan fingerprint density at radius 1 is 1.30 bits per heavy atom. The summed E-state index contributed by atoms with van der Waals surface area (Å²) in [7, 11) is 0. The van der Waals surface area contributed by atoms with Gasteiger partial charge in [0.05, 0.1) is 12.3 Å². The maximum Gasteiger partial charge on any atom is 0.220 e. The molecule has 0 saturated carbocycles. The molecule has 1 aromatic carbocycles. The molecule has 0 aromatic heterocycles. The van der Waals surface area contributed by atoms with Crippen molar-refractivity contribution in [2.75, 3.05) is 32.0 Å². The number of ether oxygens (including phenoxy) is 1. The summed E-state index contributed by atoms with van der Waals surface area (Å²) in [5, 5.41) is 0. The Hall–Kier alpha value is -1.75. The van der Waals surface area contributed by atoms with Crippen LogP contribution in [-0.2, 0) is 4.79 Å². The highest BCUT2D eigenvalue weighted by molar-refractivity contribution is 5.76. The maximum atomic E-state index is 11.1. The summed E-state index contributed by atoms with van der Waals surface area (Å²) in [6, 6.07) is 7.53. The third-order valence-corrected chi connectivity index (χ3v) is 3.79. The van der Waals surface area contributed by atoms with Crippen LogP contribution in [0.1, 0.15) is 19.3 Å². The van der Waals surface area contributed by atoms with Crippen molar-refractivity contribution in [3.05, 3.63) is 24.3 Å². The van der Waals surface area contributed by atoms with Gasteiger partial charge in [-0.25, -0.2) is 0 Å². The van der Waals surface area contributed by atoms with E-state index in [1.807, 2.05) is 24.3 Å². The molecule has 0 radical (unpaired) electrons. The Bertz CT molecular complexity index is 442. The molecule has 5 nitrogen and oxygen atoms in total. The van der Waals surface area contributed by atoms with Crippen LogP contribution in [0.3, 0.4) is 0 Å². The van der Waals surface area contributed by atoms with Crippen LogP contribution < -0.4 is 16.2 Å². The number of nitrogens with zero attached hydrogens (tertiary/aromatic N) is 1. The first-order valence-electron chi connectivity index (χ1n) is 7.16. The maximum absolute atomic E-state index is 11.1. The molecular weight excluding hydrogens is 254 g/mol. The second-order valence-corrected chi connectivity index (χ2v) is 5.26. The van der Waals surface area contributed by atoms with Crippen molar-refractivity contribution in [2.24, 2.45) is 11.7 Å². The van der Waals surface area contributed by atoms with E-state index in [0.717, 1.165) is 44.6 Å². The highest BCUT2D eigenvalue weighted by atomic mass is 16.5. The van der Waals surface area contributed by atoms with Crippen LogP contribution in [0.5, 0.6) is 5.75 Å². The molecule has 0 bridgehead atoms. The fraction of sp³-hybridized carbons (Fsp3) is 0.533. The summed E-state index contributed by atoms with van der Waals surface area (Å²) in [4.78, 5) is 13.4. The van der Waals surface area contributed by atoms with E-state index in [1.54, 1.807) is 0 Å². The normalized spacial score (nSPS) is 17.0. The Kier molecular flexibility index (Phi) is 5.24. The van der Waals surface area contributed by atoms with Gasteiger partial charge in [0.2, 0.25) is 5.91 Å². The van der Waals surface area contributed by atoms with E-state index >= 15 is 0 Å². The summed E-state index contributed by atoms with van der Waals surface area (Å²) in [6.07, 6.45) is 2.71. The van der Waals surface area contributed by atoms with Gasteiger partial charge >= 0.3 is 0 Å². The van der Waals surface area contributed by atoms with Crippen molar-refractivity contribution in [1.82, 2.24) is 4.90 Å². The van der Waals surface area contributed by atoms with Crippen molar-refractivity contribution in [3.8, 4) is 5.75 Å². The van der Waals surface area contributed by atoms with E-state index in [4.69, 9.17) is 16.2 Å². The number of para-hydroxylation sites is 2. The minimum absolute atomic E-state index is 0.0617. The van der Waals surface area contributed by atoms with E-state index in [0.29, 0.717) is 12.3 Å². The molecule has 1 fully saturated rings. The van der Waals surface area contributed by atoms with Gasteiger partial charge in [0.25, 0.3) is 0 Å². The zero-order chi connectivity index (χ0) is 14.4. The number of rotatable bonds is 6. The highest BCUT2D eigenvalue weighted by Gasteiger charge is 2.22. The molecule has 1 heterocycles. The quantitative estimate of drug-likeness (QED) is 0.605. The van der Waals surface area contributed by atoms with E-state index in [2.05, 4.69) is 4.90 Å². The monoisotopic (exact) mass is 277 g/mol. The van der Waals surface area contributed by atoms with Gasteiger partial charge in [-0.1, -0.05) is 12.1 Å². The van der Waals surface area contributed by atoms with Gasteiger partial charge in [0, 0.05) is 12.5 Å². The molecule has 110 valence electrons. The van der Waals surface area contributed by atoms with Gasteiger partial charge in [-0.3, -0.25) is 4.79 Å². The molecule has 5 heteroatoms. The van der Waals surface area contributed by atoms with Crippen LogP contribution in [-0.4, -0.2) is 37.0 Å². The van der Waals surface area contributed by atoms with Gasteiger partial charge in [0.15, 0.2) is 0 Å². The number of hydrogen-bond donors (Lipinski definition) is 2. The summed E-state index contributed by atoms with van der Waals surface area (Å²) in [5.41, 5.74) is 11.8. The minimum atomic E-state index is -0.160. The largest absolute Gasteiger partial charge is 0.491 e. The number of carbonyl (C=O) groups excluding carboxylic acids is 1. The minimum Gasteiger partial charge on any atom is -0.491 e. The second kappa shape index (κ2) is 7.14. The van der Waals surface area contributed by atoms with Gasteiger partial charge in [-0.05, 0) is 44.5 Å². The second-order valence-electron chi connectivity index (χ2n) is 5.26. The zero-order valence-corrected chi connectivity index (χ0v) is 11.8. The number of amides is 1. The number of likely N-dealkylation sites (tertiary alicyclic amines) is 1. The van der Waals surface area contributed by atoms with Crippen LogP contribution in [0.25, 0.3) is 0 Å². The Morgan fingerprint density at radius 3 is 2.65 bits per heavy atom. The van der Waals surface area contributed by atoms with Crippen molar-refractivity contribution in [2.45, 2.75) is 19.3 Å². The molecule has 0 aliphatic carbocycles. The number of piperidine rings is 1. The molecule has 0 spiro atoms. The fourth-order valence-corrected chi connectivity index (χ4v) is 2.52. The summed E-state index contributed by atoms with van der Waals surface area (Å²) in [5.74, 6) is 0.652. The van der Waals surface area contributed by atoms with Crippen LogP contribution in [0, 0.1) is 5.92 Å². The average Bonchev–Trinajstić information content (AvgIpc) is 2.46. The number of hydrogen-bond acceptors (Lipinski definition) is 4. The lowest BCUT2D eigenvalue weighted by Gasteiger charge is -2.30. The number of carbonyl (C=O) groups is 1. The molecule has 1 aliphatic rings. The first-order chi connectivity index (χ1) is 9.66. The SMILES string of the molecule is NC(=O)C1CCN(CCCOc2ccccc2N)CC1. The molecule has 1 aromatic rings. The highest BCUT2D eigenvalue weighted by Crippen LogP contribution is 2.20. The van der Waals surface area contributed by atoms with E-state index in [9.17, 15) is 4.79 Å². The number of nitrogens with two attached hydrogens (primary N) is 2. The zero-order valence-electron chi connectivity index (χ0n) is 11.8. The van der Waals surface area contributed by atoms with E-state index in [-0.39, 0.29) is 11.8 Å². The summed E-state index contributed by atoms with van der Waals surface area (Å²) >= 11 is 0. The molecule has 1 saturated heterocycles. The molecule has 20 heavy (non-hydrogen) atoms. The van der Waals surface area contributed by atoms with E-state index < -0.39 is 0 Å². The van der Waals surface area contributed by atoms with Gasteiger partial charge in [-0.15, -0.1) is 0 Å². The standard InChI is InChI=1S/C15H23N3O2/c16-13-4-1-2-5-14(13)20-11-3-8-18-9-6-12(7-10-18)15(17)19/h1-2,4-5,12H,3,6-11,16H2,(H2,17,19). The number of anilines is 1. The number of benzene rings is 1. The first kappa shape index (κ1) is 14.7. The number of primary amides is 1. The van der Waals surface area contributed by atoms with Crippen molar-refractivity contribution < 1.29 is 9.53 Å². The lowest BCUT2D eigenvalue weighted by atomic mass is 9.96. The van der Waals surface area contributed by atoms with Gasteiger partial charge < -0.3 is 21.1 Å². The topological polar surface area (TPSA) is 81.6 Å². The van der Waals surface area contributed by atoms with Crippen molar-refractivity contribution in [3.63, 3.8) is 0 Å². The predicted molar refractivity (Wildman–Crippen MR) is 79.3 cm³/mol. The van der Waals surface area contributed by atoms with Crippen molar-refractivity contribution >= 4 is 11.6 Å². The van der Waals surface area contributed by atoms with Crippen LogP contribution >= 0.6 is 0 Å². The lowest BCUT2D eigenvalue weighted by molar-refractivity contribution is -0.123. The fourth-order valence-electron chi connectivity index (χ4n) is 2.52. The molecule has 1 aliphatic heterocycles. The van der Waals surface area contributed by atoms with Crippen LogP contribution in [0.15, 0.2) is 24.3 Å². The molecule has 2 rings (SSSR count). The average molecular weight is 277 g/mol. The molecule has 0 unspecified atom stereocenters. The van der Waals surface area contributed by atoms with Crippen LogP contribution in [0.4, 0.5) is 5.69 Å². The summed E-state index contributed by atoms with van der Waals surface area (Å²) < 4.78 is 5.66. The first-order valence-corrected chi connectivity index (χ1v) is 7.16. The molecule has 4 N–H and O–H groups in total.